The van der Waals surface area contributed by atoms with Crippen LogP contribution in [0.15, 0.2) is 58.1 Å². The summed E-state index contributed by atoms with van der Waals surface area (Å²) in [7, 11) is 0. The Morgan fingerprint density at radius 2 is 0.923 bits per heavy atom. The van der Waals surface area contributed by atoms with Crippen molar-refractivity contribution in [3.8, 4) is 11.1 Å². The summed E-state index contributed by atoms with van der Waals surface area (Å²) in [5.41, 5.74) is 4.09. The van der Waals surface area contributed by atoms with E-state index >= 15 is 0 Å². The van der Waals surface area contributed by atoms with Crippen molar-refractivity contribution in [2.24, 2.45) is 0 Å². The molecule has 4 aromatic rings. The molecule has 2 aliphatic carbocycles. The van der Waals surface area contributed by atoms with Crippen LogP contribution in [0.25, 0.3) is 54.2 Å². The molecule has 0 radical (unpaired) electrons. The molecule has 2 heteroatoms. The molecule has 0 bridgehead atoms. The van der Waals surface area contributed by atoms with Crippen molar-refractivity contribution in [2.75, 3.05) is 0 Å². The van der Waals surface area contributed by atoms with Crippen LogP contribution in [0, 0.1) is 13.8 Å². The Morgan fingerprint density at radius 3 is 1.35 bits per heavy atom. The van der Waals surface area contributed by atoms with Gasteiger partial charge in [-0.05, 0) is 47.9 Å². The van der Waals surface area contributed by atoms with Crippen LogP contribution in [0.2, 0.25) is 0 Å². The predicted molar refractivity (Wildman–Crippen MR) is 109 cm³/mol. The minimum Gasteiger partial charge on any atom is -0.289 e. The summed E-state index contributed by atoms with van der Waals surface area (Å²) >= 11 is 0. The molecule has 0 saturated carbocycles. The fraction of sp³-hybridized carbons (Fsp3) is 0.0833. The molecule has 0 spiro atoms. The molecule has 122 valence electrons. The van der Waals surface area contributed by atoms with Gasteiger partial charge in [0.1, 0.15) is 0 Å². The van der Waals surface area contributed by atoms with Gasteiger partial charge < -0.3 is 0 Å². The first-order valence-corrected chi connectivity index (χ1v) is 8.80. The van der Waals surface area contributed by atoms with Gasteiger partial charge in [-0.1, -0.05) is 36.4 Å². The summed E-state index contributed by atoms with van der Waals surface area (Å²) in [6, 6.07) is 15.7. The van der Waals surface area contributed by atoms with Gasteiger partial charge in [-0.25, -0.2) is 0 Å². The maximum absolute atomic E-state index is 13.3. The summed E-state index contributed by atoms with van der Waals surface area (Å²) in [5, 5.41) is 6.85. The fourth-order valence-electron chi connectivity index (χ4n) is 4.85. The largest absolute Gasteiger partial charge is 0.289 e. The number of benzene rings is 6. The van der Waals surface area contributed by atoms with Gasteiger partial charge in [0.2, 0.25) is 0 Å². The monoisotopic (exact) mass is 334 g/mol. The zero-order valence-electron chi connectivity index (χ0n) is 14.4. The van der Waals surface area contributed by atoms with Crippen LogP contribution < -0.4 is 10.9 Å². The quantitative estimate of drug-likeness (QED) is 0.287. The lowest BCUT2D eigenvalue weighted by Gasteiger charge is -2.22. The molecular formula is C24H14O2. The molecular weight excluding hydrogens is 320 g/mol. The van der Waals surface area contributed by atoms with Gasteiger partial charge in [-0.3, -0.25) is 9.59 Å². The first-order valence-electron chi connectivity index (χ1n) is 8.80. The summed E-state index contributed by atoms with van der Waals surface area (Å²) in [6.45, 7) is 4.02. The fourth-order valence-corrected chi connectivity index (χ4v) is 4.85. The lowest BCUT2D eigenvalue weighted by Crippen LogP contribution is -2.13. The first kappa shape index (κ1) is 14.0. The van der Waals surface area contributed by atoms with E-state index in [1.807, 2.05) is 62.4 Å². The Balaban J connectivity index is 2.19. The third-order valence-electron chi connectivity index (χ3n) is 5.97. The molecule has 0 aliphatic heterocycles. The average Bonchev–Trinajstić information content (AvgIpc) is 2.65. The maximum atomic E-state index is 13.3. The van der Waals surface area contributed by atoms with Crippen molar-refractivity contribution in [3.63, 3.8) is 0 Å². The van der Waals surface area contributed by atoms with Gasteiger partial charge in [0.25, 0.3) is 0 Å². The zero-order valence-corrected chi connectivity index (χ0v) is 14.4. The zero-order chi connectivity index (χ0) is 17.7. The molecule has 2 nitrogen and oxygen atoms in total. The van der Waals surface area contributed by atoms with E-state index in [1.54, 1.807) is 0 Å². The van der Waals surface area contributed by atoms with Crippen LogP contribution in [-0.4, -0.2) is 0 Å². The van der Waals surface area contributed by atoms with E-state index in [4.69, 9.17) is 0 Å². The van der Waals surface area contributed by atoms with Crippen LogP contribution in [0.5, 0.6) is 0 Å². The first-order chi connectivity index (χ1) is 12.6. The molecule has 0 fully saturated rings. The number of rotatable bonds is 0. The summed E-state index contributed by atoms with van der Waals surface area (Å²) in [5.74, 6) is 0. The Morgan fingerprint density at radius 1 is 0.538 bits per heavy atom. The van der Waals surface area contributed by atoms with Gasteiger partial charge in [0.15, 0.2) is 10.9 Å². The molecule has 0 saturated heterocycles. The van der Waals surface area contributed by atoms with Crippen molar-refractivity contribution in [1.29, 1.82) is 0 Å². The lowest BCUT2D eigenvalue weighted by atomic mass is 9.79. The van der Waals surface area contributed by atoms with E-state index in [9.17, 15) is 9.59 Å². The minimum absolute atomic E-state index is 0.0591. The van der Waals surface area contributed by atoms with Crippen molar-refractivity contribution in [1.82, 2.24) is 0 Å². The molecule has 4 aromatic carbocycles. The van der Waals surface area contributed by atoms with E-state index in [-0.39, 0.29) is 10.9 Å². The van der Waals surface area contributed by atoms with Gasteiger partial charge in [-0.2, -0.15) is 0 Å². The number of hydrogen-bond acceptors (Lipinski definition) is 2. The van der Waals surface area contributed by atoms with Crippen molar-refractivity contribution >= 4 is 43.1 Å². The molecule has 0 heterocycles. The van der Waals surface area contributed by atoms with E-state index < -0.39 is 0 Å². The Bertz CT molecular complexity index is 1460. The second kappa shape index (κ2) is 4.28. The van der Waals surface area contributed by atoms with Crippen LogP contribution in [-0.2, 0) is 0 Å². The molecule has 0 unspecified atom stereocenters. The minimum atomic E-state index is 0.0591. The average molecular weight is 334 g/mol. The highest BCUT2D eigenvalue weighted by molar-refractivity contribution is 6.28. The highest BCUT2D eigenvalue weighted by Gasteiger charge is 2.26. The van der Waals surface area contributed by atoms with E-state index in [2.05, 4.69) is 0 Å². The molecule has 0 atom stereocenters. The Kier molecular flexibility index (Phi) is 2.30. The van der Waals surface area contributed by atoms with Gasteiger partial charge >= 0.3 is 0 Å². The maximum Gasteiger partial charge on any atom is 0.194 e. The Labute approximate surface area is 148 Å². The molecule has 6 rings (SSSR count). The SMILES string of the molecule is Cc1cc2c3c4c1cccc4c(=O)c1cc(C)c4cccc(c2=O)c4c1-3. The van der Waals surface area contributed by atoms with Crippen molar-refractivity contribution in [2.45, 2.75) is 13.8 Å². The van der Waals surface area contributed by atoms with Crippen LogP contribution in [0.4, 0.5) is 0 Å². The van der Waals surface area contributed by atoms with Gasteiger partial charge in [-0.15, -0.1) is 0 Å². The molecule has 0 N–H and O–H groups in total. The summed E-state index contributed by atoms with van der Waals surface area (Å²) < 4.78 is 0. The second-order valence-corrected chi connectivity index (χ2v) is 7.35. The van der Waals surface area contributed by atoms with Crippen LogP contribution in [0.1, 0.15) is 11.1 Å². The third kappa shape index (κ3) is 1.37. The van der Waals surface area contributed by atoms with E-state index in [0.29, 0.717) is 10.8 Å². The van der Waals surface area contributed by atoms with Crippen molar-refractivity contribution in [3.05, 3.63) is 80.1 Å². The predicted octanol–water partition coefficient (Wildman–Crippen LogP) is 5.05. The lowest BCUT2D eigenvalue weighted by molar-refractivity contribution is 1.51. The molecule has 0 aromatic heterocycles. The normalized spacial score (nSPS) is 12.5. The molecule has 0 amide bonds. The standard InChI is InChI=1S/C24H14O2/c1-11-9-17-21-19-13(11)5-3-7-15(19)24(26)18-10-12(2)14-6-4-8-16(23(17)25)20(14)22(18)21/h3-10H,1-2H3. The third-order valence-corrected chi connectivity index (χ3v) is 5.97. The van der Waals surface area contributed by atoms with Gasteiger partial charge in [0.05, 0.1) is 0 Å². The molecule has 2 aliphatic rings. The van der Waals surface area contributed by atoms with Crippen molar-refractivity contribution < 1.29 is 0 Å². The van der Waals surface area contributed by atoms with Crippen LogP contribution in [0.3, 0.4) is 0 Å². The highest BCUT2D eigenvalue weighted by Crippen LogP contribution is 2.45. The van der Waals surface area contributed by atoms with E-state index in [0.717, 1.165) is 54.6 Å². The smallest absolute Gasteiger partial charge is 0.194 e. The molecule has 26 heavy (non-hydrogen) atoms. The second-order valence-electron chi connectivity index (χ2n) is 7.35. The van der Waals surface area contributed by atoms with E-state index in [1.165, 1.54) is 0 Å². The summed E-state index contributed by atoms with van der Waals surface area (Å²) in [4.78, 5) is 26.7. The highest BCUT2D eigenvalue weighted by atomic mass is 16.1. The Hall–Kier alpha value is -3.26. The summed E-state index contributed by atoms with van der Waals surface area (Å²) in [6.07, 6.45) is 0. The number of hydrogen-bond donors (Lipinski definition) is 0. The van der Waals surface area contributed by atoms with Gasteiger partial charge in [0, 0.05) is 43.4 Å². The number of aryl methyl sites for hydroxylation is 2. The topological polar surface area (TPSA) is 34.1 Å². The van der Waals surface area contributed by atoms with Crippen LogP contribution >= 0.6 is 0 Å².